The van der Waals surface area contributed by atoms with Gasteiger partial charge < -0.3 is 14.6 Å². The predicted octanol–water partition coefficient (Wildman–Crippen LogP) is 4.54. The van der Waals surface area contributed by atoms with Crippen LogP contribution in [-0.2, 0) is 0 Å². The van der Waals surface area contributed by atoms with Gasteiger partial charge in [0.25, 0.3) is 5.91 Å². The van der Waals surface area contributed by atoms with E-state index >= 15 is 0 Å². The Morgan fingerprint density at radius 2 is 1.95 bits per heavy atom. The van der Waals surface area contributed by atoms with Crippen LogP contribution in [0, 0.1) is 0 Å². The number of rotatable bonds is 4. The highest BCUT2D eigenvalue weighted by Crippen LogP contribution is 2.29. The maximum Gasteiger partial charge on any atom is 0.272 e. The fourth-order valence-electron chi connectivity index (χ4n) is 2.55. The van der Waals surface area contributed by atoms with Crippen LogP contribution in [0.15, 0.2) is 41.8 Å². The Morgan fingerprint density at radius 3 is 2.59 bits per heavy atom. The number of benzene rings is 1. The quantitative estimate of drug-likeness (QED) is 0.768. The molecule has 0 aliphatic carbocycles. The predicted molar refractivity (Wildman–Crippen MR) is 91.1 cm³/mol. The Kier molecular flexibility index (Phi) is 3.90. The van der Waals surface area contributed by atoms with Crippen LogP contribution < -0.4 is 10.1 Å². The van der Waals surface area contributed by atoms with Crippen molar-refractivity contribution in [3.8, 4) is 5.75 Å². The highest BCUT2D eigenvalue weighted by molar-refractivity contribution is 7.17. The molecule has 0 fully saturated rings. The van der Waals surface area contributed by atoms with Gasteiger partial charge in [-0.15, -0.1) is 11.3 Å². The molecule has 1 aromatic carbocycles. The van der Waals surface area contributed by atoms with Crippen LogP contribution in [0.3, 0.4) is 0 Å². The Balaban J connectivity index is 1.91. The molecule has 0 aliphatic rings. The van der Waals surface area contributed by atoms with E-state index in [0.29, 0.717) is 5.69 Å². The summed E-state index contributed by atoms with van der Waals surface area (Å²) in [5, 5.41) is 5.00. The average molecular weight is 314 g/mol. The second-order valence-electron chi connectivity index (χ2n) is 5.35. The number of nitrogens with one attached hydrogen (secondary N) is 1. The Labute approximate surface area is 133 Å². The van der Waals surface area contributed by atoms with E-state index in [1.165, 1.54) is 0 Å². The van der Waals surface area contributed by atoms with E-state index in [1.807, 2.05) is 30.3 Å². The SMILES string of the molecule is COc1ccc(NC(=O)c2cc3sccc3n2C(C)C)cc1. The van der Waals surface area contributed by atoms with Gasteiger partial charge in [0.1, 0.15) is 11.4 Å². The third-order valence-corrected chi connectivity index (χ3v) is 4.41. The summed E-state index contributed by atoms with van der Waals surface area (Å²) < 4.78 is 8.33. The van der Waals surface area contributed by atoms with Crippen molar-refractivity contribution in [2.45, 2.75) is 19.9 Å². The van der Waals surface area contributed by atoms with Crippen LogP contribution in [0.25, 0.3) is 10.2 Å². The van der Waals surface area contributed by atoms with Crippen LogP contribution in [0.4, 0.5) is 5.69 Å². The molecule has 0 spiro atoms. The molecule has 22 heavy (non-hydrogen) atoms. The molecule has 0 unspecified atom stereocenters. The van der Waals surface area contributed by atoms with E-state index in [0.717, 1.165) is 21.7 Å². The third kappa shape index (κ3) is 2.60. The Bertz CT molecular complexity index is 800. The van der Waals surface area contributed by atoms with Gasteiger partial charge in [-0.3, -0.25) is 4.79 Å². The summed E-state index contributed by atoms with van der Waals surface area (Å²) in [5.74, 6) is 0.673. The van der Waals surface area contributed by atoms with Crippen LogP contribution in [0.5, 0.6) is 5.75 Å². The number of amides is 1. The molecule has 0 saturated heterocycles. The van der Waals surface area contributed by atoms with Crippen LogP contribution in [0.1, 0.15) is 30.4 Å². The molecule has 114 valence electrons. The standard InChI is InChI=1S/C17H18N2O2S/c1-11(2)19-14-8-9-22-16(14)10-15(19)17(20)18-12-4-6-13(21-3)7-5-12/h4-11H,1-3H3,(H,18,20). The number of ether oxygens (including phenoxy) is 1. The van der Waals surface area contributed by atoms with Gasteiger partial charge in [0.05, 0.1) is 17.3 Å². The molecule has 5 heteroatoms. The number of methoxy groups -OCH3 is 1. The maximum absolute atomic E-state index is 12.6. The summed E-state index contributed by atoms with van der Waals surface area (Å²) in [6.07, 6.45) is 0. The summed E-state index contributed by atoms with van der Waals surface area (Å²) in [5.41, 5.74) is 2.55. The van der Waals surface area contributed by atoms with Gasteiger partial charge in [-0.05, 0) is 55.6 Å². The highest BCUT2D eigenvalue weighted by Gasteiger charge is 2.18. The summed E-state index contributed by atoms with van der Waals surface area (Å²) in [4.78, 5) is 12.6. The molecule has 4 nitrogen and oxygen atoms in total. The molecule has 1 amide bonds. The molecule has 0 saturated carbocycles. The Hall–Kier alpha value is -2.27. The number of thiophene rings is 1. The molecule has 0 aliphatic heterocycles. The first-order chi connectivity index (χ1) is 10.6. The van der Waals surface area contributed by atoms with Crippen LogP contribution >= 0.6 is 11.3 Å². The smallest absolute Gasteiger partial charge is 0.272 e. The number of anilines is 1. The minimum atomic E-state index is -0.0951. The normalized spacial score (nSPS) is 11.1. The van der Waals surface area contributed by atoms with Crippen molar-refractivity contribution in [2.24, 2.45) is 0 Å². The zero-order valence-corrected chi connectivity index (χ0v) is 13.6. The summed E-state index contributed by atoms with van der Waals surface area (Å²) in [7, 11) is 1.62. The van der Waals surface area contributed by atoms with Crippen LogP contribution in [-0.4, -0.2) is 17.6 Å². The van der Waals surface area contributed by atoms with E-state index in [-0.39, 0.29) is 11.9 Å². The van der Waals surface area contributed by atoms with Crippen molar-refractivity contribution in [2.75, 3.05) is 12.4 Å². The minimum absolute atomic E-state index is 0.0951. The second kappa shape index (κ2) is 5.85. The largest absolute Gasteiger partial charge is 0.497 e. The first-order valence-electron chi connectivity index (χ1n) is 7.14. The minimum Gasteiger partial charge on any atom is -0.497 e. The summed E-state index contributed by atoms with van der Waals surface area (Å²) in [6, 6.07) is 11.6. The molecule has 3 aromatic rings. The lowest BCUT2D eigenvalue weighted by atomic mass is 10.3. The van der Waals surface area contributed by atoms with Crippen molar-refractivity contribution >= 4 is 33.1 Å². The van der Waals surface area contributed by atoms with Gasteiger partial charge in [-0.1, -0.05) is 0 Å². The van der Waals surface area contributed by atoms with Crippen molar-refractivity contribution in [1.82, 2.24) is 4.57 Å². The highest BCUT2D eigenvalue weighted by atomic mass is 32.1. The van der Waals surface area contributed by atoms with E-state index in [1.54, 1.807) is 18.4 Å². The van der Waals surface area contributed by atoms with Gasteiger partial charge in [-0.25, -0.2) is 0 Å². The number of hydrogen-bond acceptors (Lipinski definition) is 3. The summed E-state index contributed by atoms with van der Waals surface area (Å²) >= 11 is 1.65. The first-order valence-corrected chi connectivity index (χ1v) is 8.02. The fraction of sp³-hybridized carbons (Fsp3) is 0.235. The van der Waals surface area contributed by atoms with Crippen molar-refractivity contribution < 1.29 is 9.53 Å². The van der Waals surface area contributed by atoms with Gasteiger partial charge in [0.2, 0.25) is 0 Å². The van der Waals surface area contributed by atoms with E-state index in [2.05, 4.69) is 35.2 Å². The monoisotopic (exact) mass is 314 g/mol. The topological polar surface area (TPSA) is 43.3 Å². The molecular weight excluding hydrogens is 296 g/mol. The molecule has 1 N–H and O–H groups in total. The average Bonchev–Trinajstić information content (AvgIpc) is 3.07. The zero-order valence-electron chi connectivity index (χ0n) is 12.8. The zero-order chi connectivity index (χ0) is 15.7. The van der Waals surface area contributed by atoms with E-state index in [9.17, 15) is 4.79 Å². The van der Waals surface area contributed by atoms with E-state index in [4.69, 9.17) is 4.74 Å². The van der Waals surface area contributed by atoms with Gasteiger partial charge >= 0.3 is 0 Å². The van der Waals surface area contributed by atoms with Crippen molar-refractivity contribution in [3.05, 3.63) is 47.5 Å². The number of carbonyl (C=O) groups is 1. The molecule has 2 aromatic heterocycles. The van der Waals surface area contributed by atoms with Gasteiger partial charge in [0.15, 0.2) is 0 Å². The van der Waals surface area contributed by atoms with Gasteiger partial charge in [0, 0.05) is 11.7 Å². The molecule has 0 atom stereocenters. The molecule has 2 heterocycles. The molecule has 3 rings (SSSR count). The Morgan fingerprint density at radius 1 is 1.23 bits per heavy atom. The van der Waals surface area contributed by atoms with Gasteiger partial charge in [-0.2, -0.15) is 0 Å². The van der Waals surface area contributed by atoms with E-state index < -0.39 is 0 Å². The number of nitrogens with zero attached hydrogens (tertiary/aromatic N) is 1. The fourth-order valence-corrected chi connectivity index (χ4v) is 3.36. The lowest BCUT2D eigenvalue weighted by Crippen LogP contribution is -2.18. The first kappa shape index (κ1) is 14.7. The number of carbonyl (C=O) groups excluding carboxylic acids is 1. The lowest BCUT2D eigenvalue weighted by Gasteiger charge is -2.14. The number of fused-ring (bicyclic) bond motifs is 1. The maximum atomic E-state index is 12.6. The van der Waals surface area contributed by atoms with Crippen LogP contribution in [0.2, 0.25) is 0 Å². The van der Waals surface area contributed by atoms with Crippen molar-refractivity contribution in [1.29, 1.82) is 0 Å². The van der Waals surface area contributed by atoms with Crippen molar-refractivity contribution in [3.63, 3.8) is 0 Å². The molecule has 0 bridgehead atoms. The molecule has 0 radical (unpaired) electrons. The third-order valence-electron chi connectivity index (χ3n) is 3.56. The second-order valence-corrected chi connectivity index (χ2v) is 6.29. The number of aromatic nitrogens is 1. The number of hydrogen-bond donors (Lipinski definition) is 1. The summed E-state index contributed by atoms with van der Waals surface area (Å²) in [6.45, 7) is 4.17. The molecular formula is C17H18N2O2S. The lowest BCUT2D eigenvalue weighted by molar-refractivity contribution is 0.101.